The van der Waals surface area contributed by atoms with E-state index in [1.54, 1.807) is 0 Å². The molecule has 2 aromatic rings. The SMILES string of the molecule is O=[P+](OCCc1ccc(Br)cc1)OCCc1ccc(Br)cc1. The van der Waals surface area contributed by atoms with Crippen LogP contribution in [0, 0.1) is 0 Å². The van der Waals surface area contributed by atoms with Crippen molar-refractivity contribution in [3.05, 3.63) is 68.6 Å². The van der Waals surface area contributed by atoms with Gasteiger partial charge in [0, 0.05) is 26.4 Å². The van der Waals surface area contributed by atoms with Crippen molar-refractivity contribution in [2.45, 2.75) is 12.8 Å². The van der Waals surface area contributed by atoms with E-state index in [9.17, 15) is 4.57 Å². The van der Waals surface area contributed by atoms with Crippen LogP contribution >= 0.6 is 40.1 Å². The summed E-state index contributed by atoms with van der Waals surface area (Å²) in [4.78, 5) is 0. The summed E-state index contributed by atoms with van der Waals surface area (Å²) in [5, 5.41) is 0. The number of hydrogen-bond acceptors (Lipinski definition) is 3. The van der Waals surface area contributed by atoms with Crippen LogP contribution in [0.4, 0.5) is 0 Å². The molecule has 2 rings (SSSR count). The maximum absolute atomic E-state index is 11.6. The third-order valence-corrected chi connectivity index (χ3v) is 4.85. The molecular formula is C16H16Br2O3P+. The molecule has 0 unspecified atom stereocenters. The monoisotopic (exact) mass is 445 g/mol. The van der Waals surface area contributed by atoms with Crippen molar-refractivity contribution < 1.29 is 13.6 Å². The van der Waals surface area contributed by atoms with E-state index < -0.39 is 8.25 Å². The second-order valence-electron chi connectivity index (χ2n) is 4.64. The Bertz CT molecular complexity index is 546. The van der Waals surface area contributed by atoms with Crippen molar-refractivity contribution >= 4 is 40.1 Å². The summed E-state index contributed by atoms with van der Waals surface area (Å²) in [6, 6.07) is 15.9. The number of hydrogen-bond donors (Lipinski definition) is 0. The molecule has 6 heteroatoms. The van der Waals surface area contributed by atoms with Gasteiger partial charge in [0.25, 0.3) is 0 Å². The van der Waals surface area contributed by atoms with Crippen molar-refractivity contribution in [2.24, 2.45) is 0 Å². The molecule has 0 aliphatic carbocycles. The van der Waals surface area contributed by atoms with Crippen LogP contribution in [-0.4, -0.2) is 13.2 Å². The first kappa shape index (κ1) is 17.8. The van der Waals surface area contributed by atoms with Crippen LogP contribution in [0.2, 0.25) is 0 Å². The average molecular weight is 447 g/mol. The van der Waals surface area contributed by atoms with Gasteiger partial charge in [0.15, 0.2) is 0 Å². The molecule has 0 N–H and O–H groups in total. The minimum absolute atomic E-state index is 0.384. The predicted molar refractivity (Wildman–Crippen MR) is 95.2 cm³/mol. The summed E-state index contributed by atoms with van der Waals surface area (Å²) >= 11 is 6.78. The fourth-order valence-electron chi connectivity index (χ4n) is 1.82. The Kier molecular flexibility index (Phi) is 7.70. The highest BCUT2D eigenvalue weighted by molar-refractivity contribution is 9.10. The van der Waals surface area contributed by atoms with Crippen molar-refractivity contribution in [3.63, 3.8) is 0 Å². The first-order valence-electron chi connectivity index (χ1n) is 6.85. The van der Waals surface area contributed by atoms with Crippen LogP contribution in [0.25, 0.3) is 0 Å². The quantitative estimate of drug-likeness (QED) is 0.489. The first-order chi connectivity index (χ1) is 10.6. The molecule has 0 aliphatic rings. The van der Waals surface area contributed by atoms with E-state index in [2.05, 4.69) is 31.9 Å². The van der Waals surface area contributed by atoms with Crippen LogP contribution in [0.3, 0.4) is 0 Å². The molecule has 0 saturated carbocycles. The number of halogens is 2. The zero-order valence-electron chi connectivity index (χ0n) is 11.9. The minimum atomic E-state index is -2.05. The summed E-state index contributed by atoms with van der Waals surface area (Å²) in [7, 11) is -2.05. The molecule has 0 amide bonds. The van der Waals surface area contributed by atoms with Crippen LogP contribution < -0.4 is 0 Å². The second kappa shape index (κ2) is 9.53. The van der Waals surface area contributed by atoms with Gasteiger partial charge in [-0.25, -0.2) is 0 Å². The molecule has 22 heavy (non-hydrogen) atoms. The standard InChI is InChI=1S/C16H16Br2O3P/c17-15-5-1-13(2-6-15)9-11-20-22(19)21-12-10-14-3-7-16(18)8-4-14/h1-8H,9-12H2/q+1. The average Bonchev–Trinajstić information content (AvgIpc) is 2.51. The molecule has 116 valence electrons. The van der Waals surface area contributed by atoms with E-state index >= 15 is 0 Å². The second-order valence-corrected chi connectivity index (χ2v) is 7.44. The molecule has 0 bridgehead atoms. The van der Waals surface area contributed by atoms with E-state index in [1.807, 2.05) is 48.5 Å². The van der Waals surface area contributed by atoms with E-state index in [0.29, 0.717) is 26.1 Å². The van der Waals surface area contributed by atoms with E-state index in [1.165, 1.54) is 0 Å². The van der Waals surface area contributed by atoms with Gasteiger partial charge in [-0.05, 0) is 35.4 Å². The van der Waals surface area contributed by atoms with Gasteiger partial charge in [-0.2, -0.15) is 0 Å². The van der Waals surface area contributed by atoms with E-state index in [4.69, 9.17) is 9.05 Å². The molecule has 0 spiro atoms. The summed E-state index contributed by atoms with van der Waals surface area (Å²) in [6.07, 6.45) is 1.43. The number of benzene rings is 2. The van der Waals surface area contributed by atoms with E-state index in [-0.39, 0.29) is 0 Å². The molecular weight excluding hydrogens is 431 g/mol. The zero-order chi connectivity index (χ0) is 15.8. The lowest BCUT2D eigenvalue weighted by atomic mass is 10.2. The van der Waals surface area contributed by atoms with Crippen LogP contribution in [-0.2, 0) is 26.5 Å². The fourth-order valence-corrected chi connectivity index (χ4v) is 2.90. The van der Waals surface area contributed by atoms with E-state index in [0.717, 1.165) is 20.1 Å². The third-order valence-electron chi connectivity index (χ3n) is 3.00. The molecule has 2 aromatic carbocycles. The lowest BCUT2D eigenvalue weighted by molar-refractivity contribution is 0.229. The summed E-state index contributed by atoms with van der Waals surface area (Å²) in [5.41, 5.74) is 2.28. The fraction of sp³-hybridized carbons (Fsp3) is 0.250. The summed E-state index contributed by atoms with van der Waals surface area (Å²) in [6.45, 7) is 0.768. The lowest BCUT2D eigenvalue weighted by Crippen LogP contribution is -1.97. The van der Waals surface area contributed by atoms with Gasteiger partial charge in [0.2, 0.25) is 0 Å². The molecule has 3 nitrogen and oxygen atoms in total. The van der Waals surface area contributed by atoms with Crippen molar-refractivity contribution in [1.29, 1.82) is 0 Å². The van der Waals surface area contributed by atoms with Gasteiger partial charge in [-0.3, -0.25) is 0 Å². The smallest absolute Gasteiger partial charge is 0.119 e. The maximum Gasteiger partial charge on any atom is 0.697 e. The van der Waals surface area contributed by atoms with Crippen molar-refractivity contribution in [2.75, 3.05) is 13.2 Å². The highest BCUT2D eigenvalue weighted by Gasteiger charge is 2.19. The highest BCUT2D eigenvalue weighted by atomic mass is 79.9. The summed E-state index contributed by atoms with van der Waals surface area (Å²) in [5.74, 6) is 0. The summed E-state index contributed by atoms with van der Waals surface area (Å²) < 4.78 is 24.1. The van der Waals surface area contributed by atoms with Gasteiger partial charge >= 0.3 is 8.25 Å². The maximum atomic E-state index is 11.6. The highest BCUT2D eigenvalue weighted by Crippen LogP contribution is 2.24. The van der Waals surface area contributed by atoms with Gasteiger partial charge in [-0.1, -0.05) is 56.1 Å². The largest absolute Gasteiger partial charge is 0.697 e. The minimum Gasteiger partial charge on any atom is -0.119 e. The van der Waals surface area contributed by atoms with Crippen molar-refractivity contribution in [1.82, 2.24) is 0 Å². The van der Waals surface area contributed by atoms with Crippen LogP contribution in [0.1, 0.15) is 11.1 Å². The molecule has 0 aliphatic heterocycles. The topological polar surface area (TPSA) is 35.5 Å². The van der Waals surface area contributed by atoms with Crippen molar-refractivity contribution in [3.8, 4) is 0 Å². The van der Waals surface area contributed by atoms with Gasteiger partial charge in [0.05, 0.1) is 0 Å². The number of rotatable bonds is 8. The van der Waals surface area contributed by atoms with Crippen LogP contribution in [0.5, 0.6) is 0 Å². The Morgan fingerprint density at radius 1 is 0.727 bits per heavy atom. The molecule has 0 radical (unpaired) electrons. The van der Waals surface area contributed by atoms with Gasteiger partial charge < -0.3 is 0 Å². The Morgan fingerprint density at radius 3 is 1.45 bits per heavy atom. The Hall–Kier alpha value is -0.580. The normalized spacial score (nSPS) is 10.6. The third kappa shape index (κ3) is 6.67. The van der Waals surface area contributed by atoms with Gasteiger partial charge in [-0.15, -0.1) is 9.05 Å². The molecule has 0 fully saturated rings. The van der Waals surface area contributed by atoms with Gasteiger partial charge in [0.1, 0.15) is 13.2 Å². The Labute approximate surface area is 148 Å². The molecule has 0 heterocycles. The zero-order valence-corrected chi connectivity index (χ0v) is 15.9. The lowest BCUT2D eigenvalue weighted by Gasteiger charge is -1.98. The first-order valence-corrected chi connectivity index (χ1v) is 9.53. The molecule has 0 atom stereocenters. The Balaban J connectivity index is 1.61. The predicted octanol–water partition coefficient (Wildman–Crippen LogP) is 5.69. The molecule has 0 aromatic heterocycles. The molecule has 0 saturated heterocycles. The Morgan fingerprint density at radius 2 is 1.09 bits per heavy atom. The van der Waals surface area contributed by atoms with Crippen LogP contribution in [0.15, 0.2) is 57.5 Å².